The summed E-state index contributed by atoms with van der Waals surface area (Å²) in [6.45, 7) is 5.59. The average molecular weight is 233 g/mol. The number of aryl methyl sites for hydroxylation is 1. The first kappa shape index (κ1) is 11.3. The van der Waals surface area contributed by atoms with E-state index >= 15 is 0 Å². The van der Waals surface area contributed by atoms with Crippen LogP contribution in [-0.4, -0.2) is 16.0 Å². The van der Waals surface area contributed by atoms with Crippen LogP contribution < -0.4 is 5.32 Å². The van der Waals surface area contributed by atoms with E-state index < -0.39 is 0 Å². The summed E-state index contributed by atoms with van der Waals surface area (Å²) < 4.78 is 0. The van der Waals surface area contributed by atoms with E-state index in [-0.39, 0.29) is 0 Å². The highest BCUT2D eigenvalue weighted by molar-refractivity contribution is 5.19. The fourth-order valence-corrected chi connectivity index (χ4v) is 2.75. The predicted octanol–water partition coefficient (Wildman–Crippen LogP) is 2.42. The van der Waals surface area contributed by atoms with E-state index in [4.69, 9.17) is 4.98 Å². The van der Waals surface area contributed by atoms with Gasteiger partial charge in [-0.3, -0.25) is 0 Å². The molecule has 2 aliphatic carbocycles. The number of H-pyrrole nitrogens is 1. The van der Waals surface area contributed by atoms with Gasteiger partial charge in [0.2, 0.25) is 0 Å². The molecule has 94 valence electrons. The van der Waals surface area contributed by atoms with E-state index in [9.17, 15) is 0 Å². The number of imidazole rings is 1. The fraction of sp³-hybridized carbons (Fsp3) is 0.786. The number of nitrogens with zero attached hydrogens (tertiary/aromatic N) is 1. The number of aromatic amines is 1. The number of rotatable bonds is 4. The van der Waals surface area contributed by atoms with Gasteiger partial charge in [-0.15, -0.1) is 0 Å². The van der Waals surface area contributed by atoms with Crippen molar-refractivity contribution < 1.29 is 0 Å². The van der Waals surface area contributed by atoms with Crippen LogP contribution in [0.25, 0.3) is 0 Å². The first-order valence-electron chi connectivity index (χ1n) is 7.02. The highest BCUT2D eigenvalue weighted by atomic mass is 15.0. The lowest BCUT2D eigenvalue weighted by Gasteiger charge is -2.24. The molecule has 3 rings (SSSR count). The molecule has 2 aliphatic rings. The molecule has 1 saturated carbocycles. The predicted molar refractivity (Wildman–Crippen MR) is 68.8 cm³/mol. The van der Waals surface area contributed by atoms with Crippen molar-refractivity contribution in [3.8, 4) is 0 Å². The highest BCUT2D eigenvalue weighted by Gasteiger charge is 2.25. The van der Waals surface area contributed by atoms with Crippen LogP contribution in [0, 0.1) is 11.8 Å². The van der Waals surface area contributed by atoms with Crippen LogP contribution in [0.1, 0.15) is 50.3 Å². The number of aromatic nitrogens is 2. The third kappa shape index (κ3) is 2.54. The third-order valence-corrected chi connectivity index (χ3v) is 4.21. The van der Waals surface area contributed by atoms with Crippen LogP contribution in [0.2, 0.25) is 0 Å². The van der Waals surface area contributed by atoms with E-state index in [1.807, 2.05) is 0 Å². The lowest BCUT2D eigenvalue weighted by Crippen LogP contribution is -2.18. The molecule has 0 aliphatic heterocycles. The van der Waals surface area contributed by atoms with Gasteiger partial charge in [0.15, 0.2) is 0 Å². The number of fused-ring (bicyclic) bond motifs is 1. The second-order valence-corrected chi connectivity index (χ2v) is 6.01. The third-order valence-electron chi connectivity index (χ3n) is 4.21. The Balaban J connectivity index is 1.65. The topological polar surface area (TPSA) is 40.7 Å². The molecular weight excluding hydrogens is 210 g/mol. The zero-order valence-corrected chi connectivity index (χ0v) is 10.9. The Morgan fingerprint density at radius 1 is 1.35 bits per heavy atom. The van der Waals surface area contributed by atoms with Gasteiger partial charge < -0.3 is 10.3 Å². The summed E-state index contributed by atoms with van der Waals surface area (Å²) in [6, 6.07) is 0.764. The van der Waals surface area contributed by atoms with Crippen molar-refractivity contribution in [2.24, 2.45) is 11.8 Å². The van der Waals surface area contributed by atoms with Crippen molar-refractivity contribution in [2.75, 3.05) is 0 Å². The minimum atomic E-state index is 0.764. The van der Waals surface area contributed by atoms with Gasteiger partial charge in [0, 0.05) is 11.7 Å². The van der Waals surface area contributed by atoms with Gasteiger partial charge in [-0.1, -0.05) is 13.8 Å². The first-order valence-corrected chi connectivity index (χ1v) is 7.02. The molecule has 1 aromatic heterocycles. The van der Waals surface area contributed by atoms with E-state index in [0.29, 0.717) is 0 Å². The quantitative estimate of drug-likeness (QED) is 0.838. The molecule has 0 bridgehead atoms. The molecule has 0 amide bonds. The Morgan fingerprint density at radius 2 is 2.18 bits per heavy atom. The number of hydrogen-bond acceptors (Lipinski definition) is 2. The molecule has 1 aromatic rings. The van der Waals surface area contributed by atoms with Crippen molar-refractivity contribution in [1.82, 2.24) is 15.3 Å². The van der Waals surface area contributed by atoms with E-state index in [0.717, 1.165) is 36.7 Å². The average Bonchev–Trinajstić information content (AvgIpc) is 3.04. The van der Waals surface area contributed by atoms with Crippen LogP contribution in [-0.2, 0) is 19.4 Å². The highest BCUT2D eigenvalue weighted by Crippen LogP contribution is 2.29. The van der Waals surface area contributed by atoms with Gasteiger partial charge in [0.25, 0.3) is 0 Å². The summed E-state index contributed by atoms with van der Waals surface area (Å²) in [7, 11) is 0. The summed E-state index contributed by atoms with van der Waals surface area (Å²) in [5.74, 6) is 2.78. The van der Waals surface area contributed by atoms with Crippen LogP contribution >= 0.6 is 0 Å². The van der Waals surface area contributed by atoms with Crippen molar-refractivity contribution in [1.29, 1.82) is 0 Å². The first-order chi connectivity index (χ1) is 8.22. The molecule has 17 heavy (non-hydrogen) atoms. The summed E-state index contributed by atoms with van der Waals surface area (Å²) in [6.07, 6.45) is 6.36. The van der Waals surface area contributed by atoms with Crippen LogP contribution in [0.5, 0.6) is 0 Å². The SMILES string of the molecule is CC(C)C1CCc2nc(CNC3CC3)[nH]c2C1. The molecule has 1 fully saturated rings. The molecule has 0 aromatic carbocycles. The van der Waals surface area contributed by atoms with E-state index in [1.165, 1.54) is 37.1 Å². The maximum Gasteiger partial charge on any atom is 0.120 e. The lowest BCUT2D eigenvalue weighted by molar-refractivity contribution is 0.338. The molecule has 3 nitrogen and oxygen atoms in total. The summed E-state index contributed by atoms with van der Waals surface area (Å²) >= 11 is 0. The second-order valence-electron chi connectivity index (χ2n) is 6.01. The molecule has 1 atom stereocenters. The minimum Gasteiger partial charge on any atom is -0.345 e. The van der Waals surface area contributed by atoms with E-state index in [2.05, 4.69) is 24.1 Å². The van der Waals surface area contributed by atoms with Gasteiger partial charge >= 0.3 is 0 Å². The minimum absolute atomic E-state index is 0.764. The van der Waals surface area contributed by atoms with Crippen LogP contribution in [0.3, 0.4) is 0 Å². The van der Waals surface area contributed by atoms with E-state index in [1.54, 1.807) is 0 Å². The number of nitrogens with one attached hydrogen (secondary N) is 2. The Morgan fingerprint density at radius 3 is 2.88 bits per heavy atom. The van der Waals surface area contributed by atoms with Crippen molar-refractivity contribution in [2.45, 2.75) is 58.5 Å². The Labute approximate surface area is 103 Å². The Bertz CT molecular complexity index is 390. The van der Waals surface area contributed by atoms with Gasteiger partial charge in [-0.05, 0) is 43.9 Å². The molecule has 2 N–H and O–H groups in total. The molecule has 1 heterocycles. The zero-order valence-electron chi connectivity index (χ0n) is 10.9. The largest absolute Gasteiger partial charge is 0.345 e. The maximum absolute atomic E-state index is 4.73. The second kappa shape index (κ2) is 4.45. The molecular formula is C14H23N3. The fourth-order valence-electron chi connectivity index (χ4n) is 2.75. The van der Waals surface area contributed by atoms with Gasteiger partial charge in [0.1, 0.15) is 5.82 Å². The molecule has 3 heteroatoms. The smallest absolute Gasteiger partial charge is 0.120 e. The maximum atomic E-state index is 4.73. The Kier molecular flexibility index (Phi) is 2.95. The van der Waals surface area contributed by atoms with Crippen LogP contribution in [0.15, 0.2) is 0 Å². The number of hydrogen-bond donors (Lipinski definition) is 2. The summed E-state index contributed by atoms with van der Waals surface area (Å²) in [5.41, 5.74) is 2.73. The van der Waals surface area contributed by atoms with Crippen molar-refractivity contribution in [3.05, 3.63) is 17.2 Å². The lowest BCUT2D eigenvalue weighted by atomic mass is 9.82. The summed E-state index contributed by atoms with van der Waals surface area (Å²) in [5, 5.41) is 3.52. The summed E-state index contributed by atoms with van der Waals surface area (Å²) in [4.78, 5) is 8.25. The zero-order chi connectivity index (χ0) is 11.8. The van der Waals surface area contributed by atoms with Gasteiger partial charge in [-0.25, -0.2) is 4.98 Å². The molecule has 0 saturated heterocycles. The van der Waals surface area contributed by atoms with Gasteiger partial charge in [0.05, 0.1) is 12.2 Å². The standard InChI is InChI=1S/C14H23N3/c1-9(2)10-3-6-12-13(7-10)17-14(16-12)8-15-11-4-5-11/h9-11,15H,3-8H2,1-2H3,(H,16,17). The van der Waals surface area contributed by atoms with Crippen molar-refractivity contribution in [3.63, 3.8) is 0 Å². The molecule has 0 spiro atoms. The van der Waals surface area contributed by atoms with Crippen molar-refractivity contribution >= 4 is 0 Å². The Hall–Kier alpha value is -0.830. The molecule has 1 unspecified atom stereocenters. The molecule has 0 radical (unpaired) electrons. The van der Waals surface area contributed by atoms with Gasteiger partial charge in [-0.2, -0.15) is 0 Å². The monoisotopic (exact) mass is 233 g/mol. The van der Waals surface area contributed by atoms with Crippen LogP contribution in [0.4, 0.5) is 0 Å². The normalized spacial score (nSPS) is 24.1.